The zero-order chi connectivity index (χ0) is 15.6. The largest absolute Gasteiger partial charge is 0.396 e. The van der Waals surface area contributed by atoms with E-state index in [9.17, 15) is 13.5 Å². The van der Waals surface area contributed by atoms with Crippen LogP contribution < -0.4 is 16.2 Å². The van der Waals surface area contributed by atoms with Crippen LogP contribution in [-0.2, 0) is 10.0 Å². The summed E-state index contributed by atoms with van der Waals surface area (Å²) in [6, 6.07) is 4.52. The molecule has 0 aromatic heterocycles. The molecule has 0 radical (unpaired) electrons. The monoisotopic (exact) mass is 302 g/mol. The lowest BCUT2D eigenvalue weighted by Crippen LogP contribution is -2.43. The maximum Gasteiger partial charge on any atom is 0.240 e. The molecule has 0 spiro atoms. The number of para-hydroxylation sites is 1. The van der Waals surface area contributed by atoms with Crippen molar-refractivity contribution in [3.05, 3.63) is 18.2 Å². The van der Waals surface area contributed by atoms with E-state index in [-0.39, 0.29) is 17.1 Å². The van der Waals surface area contributed by atoms with E-state index in [0.717, 1.165) is 0 Å². The number of nitrogen functional groups attached to an aromatic ring is 1. The van der Waals surface area contributed by atoms with Crippen molar-refractivity contribution in [2.24, 2.45) is 5.14 Å². The van der Waals surface area contributed by atoms with Crippen LogP contribution in [-0.4, -0.2) is 51.2 Å². The summed E-state index contributed by atoms with van der Waals surface area (Å²) in [5, 5.41) is 18.2. The number of primary sulfonamides is 1. The summed E-state index contributed by atoms with van der Waals surface area (Å²) in [4.78, 5) is 1.72. The van der Waals surface area contributed by atoms with Crippen LogP contribution in [0, 0.1) is 0 Å². The highest BCUT2D eigenvalue weighted by Crippen LogP contribution is 2.26. The zero-order valence-corrected chi connectivity index (χ0v) is 12.7. The second-order valence-corrected chi connectivity index (χ2v) is 6.88. The van der Waals surface area contributed by atoms with E-state index in [1.54, 1.807) is 19.1 Å². The van der Waals surface area contributed by atoms with E-state index in [0.29, 0.717) is 12.2 Å². The fourth-order valence-electron chi connectivity index (χ4n) is 1.97. The van der Waals surface area contributed by atoms with Gasteiger partial charge in [-0.3, -0.25) is 0 Å². The van der Waals surface area contributed by atoms with Crippen molar-refractivity contribution in [3.8, 4) is 0 Å². The molecule has 0 aliphatic heterocycles. The number of anilines is 2. The molecule has 0 bridgehead atoms. The Balaban J connectivity index is 2.90. The van der Waals surface area contributed by atoms with Gasteiger partial charge in [0.25, 0.3) is 0 Å². The lowest BCUT2D eigenvalue weighted by molar-refractivity contribution is 0.0460. The van der Waals surface area contributed by atoms with Gasteiger partial charge in [-0.2, -0.15) is 0 Å². The highest BCUT2D eigenvalue weighted by molar-refractivity contribution is 7.89. The van der Waals surface area contributed by atoms with Crippen LogP contribution in [0.15, 0.2) is 23.1 Å². The lowest BCUT2D eigenvalue weighted by Gasteiger charge is -2.28. The molecule has 0 saturated heterocycles. The van der Waals surface area contributed by atoms with Gasteiger partial charge in [-0.15, -0.1) is 0 Å². The normalized spacial score (nSPS) is 15.1. The SMILES string of the molecule is CN(C)CC(C)(O)CNc1cccc(S(N)(=O)=O)c1N. The minimum absolute atomic E-state index is 0.0515. The maximum absolute atomic E-state index is 11.4. The van der Waals surface area contributed by atoms with Gasteiger partial charge in [-0.05, 0) is 33.2 Å². The highest BCUT2D eigenvalue weighted by Gasteiger charge is 2.22. The number of hydrogen-bond donors (Lipinski definition) is 4. The summed E-state index contributed by atoms with van der Waals surface area (Å²) in [5.74, 6) is 0. The molecule has 1 unspecified atom stereocenters. The Hall–Kier alpha value is -1.35. The summed E-state index contributed by atoms with van der Waals surface area (Å²) in [6.45, 7) is 2.36. The number of nitrogens with zero attached hydrogens (tertiary/aromatic N) is 1. The third-order valence-electron chi connectivity index (χ3n) is 2.69. The van der Waals surface area contributed by atoms with Crippen molar-refractivity contribution >= 4 is 21.4 Å². The van der Waals surface area contributed by atoms with E-state index < -0.39 is 15.6 Å². The van der Waals surface area contributed by atoms with Gasteiger partial charge < -0.3 is 21.1 Å². The molecule has 1 aromatic rings. The van der Waals surface area contributed by atoms with E-state index >= 15 is 0 Å². The van der Waals surface area contributed by atoms with Crippen molar-refractivity contribution in [1.29, 1.82) is 0 Å². The molecule has 0 aliphatic carbocycles. The predicted octanol–water partition coefficient (Wildman–Crippen LogP) is -0.359. The Bertz CT molecular complexity index is 570. The Morgan fingerprint density at radius 3 is 2.50 bits per heavy atom. The molecule has 20 heavy (non-hydrogen) atoms. The minimum Gasteiger partial charge on any atom is -0.396 e. The molecule has 0 heterocycles. The van der Waals surface area contributed by atoms with Gasteiger partial charge in [0.15, 0.2) is 0 Å². The van der Waals surface area contributed by atoms with Crippen molar-refractivity contribution in [1.82, 2.24) is 4.90 Å². The number of hydrogen-bond acceptors (Lipinski definition) is 6. The average molecular weight is 302 g/mol. The second kappa shape index (κ2) is 5.96. The van der Waals surface area contributed by atoms with Gasteiger partial charge in [0.05, 0.1) is 17.0 Å². The van der Waals surface area contributed by atoms with E-state index in [1.165, 1.54) is 6.07 Å². The van der Waals surface area contributed by atoms with Gasteiger partial charge in [0.1, 0.15) is 4.90 Å². The van der Waals surface area contributed by atoms with E-state index in [2.05, 4.69) is 5.32 Å². The third kappa shape index (κ3) is 4.64. The molecule has 0 aliphatic rings. The van der Waals surface area contributed by atoms with Crippen molar-refractivity contribution < 1.29 is 13.5 Å². The summed E-state index contributed by atoms with van der Waals surface area (Å²) in [7, 11) is -0.161. The standard InChI is InChI=1S/C12H22N4O3S/c1-12(17,8-16(2)3)7-15-9-5-4-6-10(11(9)13)20(14,18)19/h4-6,15,17H,7-8,13H2,1-3H3,(H2,14,18,19). The second-order valence-electron chi connectivity index (χ2n) is 5.35. The van der Waals surface area contributed by atoms with Gasteiger partial charge in [-0.25, -0.2) is 13.6 Å². The topological polar surface area (TPSA) is 122 Å². The van der Waals surface area contributed by atoms with Crippen LogP contribution in [0.1, 0.15) is 6.92 Å². The smallest absolute Gasteiger partial charge is 0.240 e. The minimum atomic E-state index is -3.86. The predicted molar refractivity (Wildman–Crippen MR) is 79.9 cm³/mol. The molecule has 0 saturated carbocycles. The number of rotatable bonds is 6. The molecule has 1 aromatic carbocycles. The maximum atomic E-state index is 11.4. The Morgan fingerprint density at radius 2 is 2.00 bits per heavy atom. The van der Waals surface area contributed by atoms with Crippen LogP contribution in [0.25, 0.3) is 0 Å². The fourth-order valence-corrected chi connectivity index (χ4v) is 2.65. The van der Waals surface area contributed by atoms with Crippen LogP contribution in [0.3, 0.4) is 0 Å². The Labute approximate surface area is 119 Å². The highest BCUT2D eigenvalue weighted by atomic mass is 32.2. The molecular weight excluding hydrogens is 280 g/mol. The molecule has 1 atom stereocenters. The number of sulfonamides is 1. The Morgan fingerprint density at radius 1 is 1.40 bits per heavy atom. The fraction of sp³-hybridized carbons (Fsp3) is 0.500. The van der Waals surface area contributed by atoms with Gasteiger partial charge in [0.2, 0.25) is 10.0 Å². The molecule has 8 heteroatoms. The average Bonchev–Trinajstić information content (AvgIpc) is 2.24. The summed E-state index contributed by atoms with van der Waals surface area (Å²) in [5.41, 5.74) is 5.29. The molecular formula is C12H22N4O3S. The molecule has 7 nitrogen and oxygen atoms in total. The van der Waals surface area contributed by atoms with E-state index in [1.807, 2.05) is 19.0 Å². The number of nitrogens with one attached hydrogen (secondary N) is 1. The molecule has 1 rings (SSSR count). The Kier molecular flexibility index (Phi) is 4.98. The number of likely N-dealkylation sites (N-methyl/N-ethyl adjacent to an activating group) is 1. The first-order valence-electron chi connectivity index (χ1n) is 6.05. The lowest BCUT2D eigenvalue weighted by atomic mass is 10.1. The number of aliphatic hydroxyl groups is 1. The van der Waals surface area contributed by atoms with Crippen molar-refractivity contribution in [2.75, 3.05) is 38.2 Å². The summed E-state index contributed by atoms with van der Waals surface area (Å²) >= 11 is 0. The van der Waals surface area contributed by atoms with Gasteiger partial charge in [-0.1, -0.05) is 6.07 Å². The molecule has 0 amide bonds. The van der Waals surface area contributed by atoms with E-state index in [4.69, 9.17) is 10.9 Å². The molecule has 0 fully saturated rings. The van der Waals surface area contributed by atoms with Gasteiger partial charge in [0, 0.05) is 13.1 Å². The van der Waals surface area contributed by atoms with Gasteiger partial charge >= 0.3 is 0 Å². The first kappa shape index (κ1) is 16.7. The first-order valence-corrected chi connectivity index (χ1v) is 7.60. The van der Waals surface area contributed by atoms with Crippen LogP contribution in [0.4, 0.5) is 11.4 Å². The quantitative estimate of drug-likeness (QED) is 0.532. The third-order valence-corrected chi connectivity index (χ3v) is 3.66. The van der Waals surface area contributed by atoms with Crippen LogP contribution in [0.5, 0.6) is 0 Å². The van der Waals surface area contributed by atoms with Crippen molar-refractivity contribution in [2.45, 2.75) is 17.4 Å². The van der Waals surface area contributed by atoms with Crippen LogP contribution in [0.2, 0.25) is 0 Å². The number of nitrogens with two attached hydrogens (primary N) is 2. The number of benzene rings is 1. The summed E-state index contributed by atoms with van der Waals surface area (Å²) in [6.07, 6.45) is 0. The van der Waals surface area contributed by atoms with Crippen molar-refractivity contribution in [3.63, 3.8) is 0 Å². The molecule has 114 valence electrons. The van der Waals surface area contributed by atoms with Crippen LogP contribution >= 0.6 is 0 Å². The summed E-state index contributed by atoms with van der Waals surface area (Å²) < 4.78 is 22.7. The molecule has 6 N–H and O–H groups in total. The first-order chi connectivity index (χ1) is 9.03. The zero-order valence-electron chi connectivity index (χ0n) is 11.9.